The van der Waals surface area contributed by atoms with Gasteiger partial charge in [0.2, 0.25) is 0 Å². The maximum atomic E-state index is 12.6. The number of carbonyl (C=O) groups excluding carboxylic acids is 1. The lowest BCUT2D eigenvalue weighted by Crippen LogP contribution is -2.41. The number of rotatable bonds is 2. The van der Waals surface area contributed by atoms with Crippen LogP contribution in [0.5, 0.6) is 0 Å². The summed E-state index contributed by atoms with van der Waals surface area (Å²) in [5, 5.41) is 19.3. The van der Waals surface area contributed by atoms with E-state index in [0.717, 1.165) is 41.0 Å². The van der Waals surface area contributed by atoms with Crippen molar-refractivity contribution in [3.05, 3.63) is 41.1 Å². The molecule has 1 aliphatic rings. The Hall–Kier alpha value is -2.70. The van der Waals surface area contributed by atoms with Gasteiger partial charge in [-0.25, -0.2) is 0 Å². The van der Waals surface area contributed by atoms with Crippen LogP contribution in [0, 0.1) is 13.8 Å². The van der Waals surface area contributed by atoms with Crippen LogP contribution < -0.4 is 5.32 Å². The first-order valence-corrected chi connectivity index (χ1v) is 7.76. The Morgan fingerprint density at radius 1 is 1.35 bits per heavy atom. The number of carbonyl (C=O) groups is 1. The molecule has 1 amide bonds. The number of hydrogen-bond acceptors (Lipinski definition) is 4. The molecule has 4 rings (SSSR count). The van der Waals surface area contributed by atoms with Gasteiger partial charge in [-0.15, -0.1) is 10.2 Å². The highest BCUT2D eigenvalue weighted by molar-refractivity contribution is 6.04. The number of H-pyrrole nitrogens is 1. The molecule has 1 aromatic carbocycles. The highest BCUT2D eigenvalue weighted by atomic mass is 16.2. The van der Waals surface area contributed by atoms with Crippen molar-refractivity contribution in [2.75, 3.05) is 0 Å². The Kier molecular flexibility index (Phi) is 3.14. The predicted octanol–water partition coefficient (Wildman–Crippen LogP) is 1.52. The molecule has 1 aliphatic heterocycles. The van der Waals surface area contributed by atoms with Crippen LogP contribution in [0.15, 0.2) is 18.2 Å². The number of amides is 1. The van der Waals surface area contributed by atoms with E-state index in [1.54, 1.807) is 0 Å². The van der Waals surface area contributed by atoms with Crippen molar-refractivity contribution in [3.8, 4) is 0 Å². The van der Waals surface area contributed by atoms with Crippen molar-refractivity contribution in [2.45, 2.75) is 39.3 Å². The predicted molar refractivity (Wildman–Crippen MR) is 85.2 cm³/mol. The third-order valence-corrected chi connectivity index (χ3v) is 4.40. The Morgan fingerprint density at radius 2 is 2.22 bits per heavy atom. The maximum absolute atomic E-state index is 12.6. The largest absolute Gasteiger partial charge is 0.346 e. The summed E-state index contributed by atoms with van der Waals surface area (Å²) in [7, 11) is 0. The van der Waals surface area contributed by atoms with Crippen molar-refractivity contribution < 1.29 is 4.79 Å². The average Bonchev–Trinajstić information content (AvgIpc) is 3.11. The fourth-order valence-corrected chi connectivity index (χ4v) is 3.13. The quantitative estimate of drug-likeness (QED) is 0.751. The Labute approximate surface area is 133 Å². The van der Waals surface area contributed by atoms with E-state index in [9.17, 15) is 4.79 Å². The second-order valence-corrected chi connectivity index (χ2v) is 6.10. The molecule has 7 nitrogen and oxygen atoms in total. The number of nitrogens with one attached hydrogen (secondary N) is 2. The molecule has 1 atom stereocenters. The van der Waals surface area contributed by atoms with E-state index in [0.29, 0.717) is 12.2 Å². The zero-order chi connectivity index (χ0) is 16.0. The minimum atomic E-state index is -0.138. The normalized spacial score (nSPS) is 17.2. The van der Waals surface area contributed by atoms with Gasteiger partial charge in [0.15, 0.2) is 5.69 Å². The Balaban J connectivity index is 1.56. The third-order valence-electron chi connectivity index (χ3n) is 4.40. The molecule has 0 fully saturated rings. The van der Waals surface area contributed by atoms with Gasteiger partial charge in [0.25, 0.3) is 5.91 Å². The smallest absolute Gasteiger partial charge is 0.272 e. The molecule has 3 aromatic rings. The van der Waals surface area contributed by atoms with Gasteiger partial charge in [0, 0.05) is 24.4 Å². The zero-order valence-corrected chi connectivity index (χ0v) is 13.1. The van der Waals surface area contributed by atoms with Gasteiger partial charge < -0.3 is 9.88 Å². The second kappa shape index (κ2) is 5.19. The number of benzene rings is 1. The molecule has 0 saturated carbocycles. The van der Waals surface area contributed by atoms with Gasteiger partial charge in [0.1, 0.15) is 11.6 Å². The van der Waals surface area contributed by atoms with E-state index >= 15 is 0 Å². The summed E-state index contributed by atoms with van der Waals surface area (Å²) in [6.45, 7) is 4.65. The van der Waals surface area contributed by atoms with Crippen LogP contribution in [0.25, 0.3) is 10.9 Å². The molecule has 0 aliphatic carbocycles. The van der Waals surface area contributed by atoms with Gasteiger partial charge >= 0.3 is 0 Å². The number of aromatic amines is 1. The van der Waals surface area contributed by atoms with Crippen molar-refractivity contribution in [3.63, 3.8) is 0 Å². The number of aryl methyl sites for hydroxylation is 3. The van der Waals surface area contributed by atoms with Crippen molar-refractivity contribution in [2.24, 2.45) is 0 Å². The van der Waals surface area contributed by atoms with Crippen LogP contribution in [0.1, 0.15) is 34.1 Å². The molecule has 118 valence electrons. The monoisotopic (exact) mass is 310 g/mol. The van der Waals surface area contributed by atoms with Crippen molar-refractivity contribution in [1.82, 2.24) is 30.3 Å². The van der Waals surface area contributed by atoms with Gasteiger partial charge in [-0.3, -0.25) is 9.89 Å². The fraction of sp³-hybridized carbons (Fsp3) is 0.375. The van der Waals surface area contributed by atoms with Crippen LogP contribution in [0.3, 0.4) is 0 Å². The summed E-state index contributed by atoms with van der Waals surface area (Å²) in [5.41, 5.74) is 2.44. The summed E-state index contributed by atoms with van der Waals surface area (Å²) in [5.74, 6) is 1.75. The highest BCUT2D eigenvalue weighted by Crippen LogP contribution is 2.19. The Bertz CT molecular complexity index is 893. The molecule has 0 unspecified atom stereocenters. The number of nitrogens with zero attached hydrogens (tertiary/aromatic N) is 4. The van der Waals surface area contributed by atoms with E-state index in [1.165, 1.54) is 0 Å². The number of hydrogen-bond donors (Lipinski definition) is 2. The Morgan fingerprint density at radius 3 is 3.09 bits per heavy atom. The minimum absolute atomic E-state index is 0.0706. The molecule has 0 bridgehead atoms. The lowest BCUT2D eigenvalue weighted by molar-refractivity contribution is 0.0924. The van der Waals surface area contributed by atoms with Crippen molar-refractivity contribution >= 4 is 16.8 Å². The van der Waals surface area contributed by atoms with Crippen LogP contribution in [-0.4, -0.2) is 36.9 Å². The summed E-state index contributed by atoms with van der Waals surface area (Å²) >= 11 is 0. The van der Waals surface area contributed by atoms with E-state index in [1.807, 2.05) is 32.0 Å². The van der Waals surface area contributed by atoms with Gasteiger partial charge in [0.05, 0.1) is 5.52 Å². The summed E-state index contributed by atoms with van der Waals surface area (Å²) in [6, 6.07) is 6.00. The van der Waals surface area contributed by atoms with Gasteiger partial charge in [-0.05, 0) is 32.4 Å². The molecule has 7 heteroatoms. The van der Waals surface area contributed by atoms with E-state index in [-0.39, 0.29) is 11.9 Å². The van der Waals surface area contributed by atoms with E-state index < -0.39 is 0 Å². The average molecular weight is 310 g/mol. The van der Waals surface area contributed by atoms with Crippen molar-refractivity contribution in [1.29, 1.82) is 0 Å². The molecule has 0 radical (unpaired) electrons. The standard InChI is InChI=1S/C16H18N6O/c1-9-3-5-13-12(7-9)15(21-19-13)16(23)17-11-4-6-14-20-18-10(2)22(14)8-11/h3,5,7,11H,4,6,8H2,1-2H3,(H,17,23)(H,19,21)/t11-/m0/s1. The van der Waals surface area contributed by atoms with E-state index in [4.69, 9.17) is 0 Å². The first-order valence-electron chi connectivity index (χ1n) is 7.76. The minimum Gasteiger partial charge on any atom is -0.346 e. The molecule has 0 spiro atoms. The lowest BCUT2D eigenvalue weighted by atomic mass is 10.1. The topological polar surface area (TPSA) is 88.5 Å². The third kappa shape index (κ3) is 2.38. The SMILES string of the molecule is Cc1ccc2[nH]nc(C(=O)N[C@H]3CCc4nnc(C)n4C3)c2c1. The van der Waals surface area contributed by atoms with Crippen LogP contribution >= 0.6 is 0 Å². The number of aromatic nitrogens is 5. The summed E-state index contributed by atoms with van der Waals surface area (Å²) < 4.78 is 2.07. The molecule has 0 saturated heterocycles. The van der Waals surface area contributed by atoms with Crippen LogP contribution in [-0.2, 0) is 13.0 Å². The molecule has 2 N–H and O–H groups in total. The first kappa shape index (κ1) is 13.9. The molecular weight excluding hydrogens is 292 g/mol. The van der Waals surface area contributed by atoms with Gasteiger partial charge in [-0.2, -0.15) is 5.10 Å². The molecule has 23 heavy (non-hydrogen) atoms. The summed E-state index contributed by atoms with van der Waals surface area (Å²) in [4.78, 5) is 12.6. The first-order chi connectivity index (χ1) is 11.1. The van der Waals surface area contributed by atoms with E-state index in [2.05, 4.69) is 30.3 Å². The summed E-state index contributed by atoms with van der Waals surface area (Å²) in [6.07, 6.45) is 1.69. The van der Waals surface area contributed by atoms with Gasteiger partial charge in [-0.1, -0.05) is 11.6 Å². The molecule has 2 aromatic heterocycles. The maximum Gasteiger partial charge on any atom is 0.272 e. The van der Waals surface area contributed by atoms with Crippen LogP contribution in [0.4, 0.5) is 0 Å². The molecular formula is C16H18N6O. The highest BCUT2D eigenvalue weighted by Gasteiger charge is 2.24. The second-order valence-electron chi connectivity index (χ2n) is 6.10. The zero-order valence-electron chi connectivity index (χ0n) is 13.1. The molecule has 3 heterocycles. The van der Waals surface area contributed by atoms with Crippen LogP contribution in [0.2, 0.25) is 0 Å². The fourth-order valence-electron chi connectivity index (χ4n) is 3.13. The number of fused-ring (bicyclic) bond motifs is 2. The lowest BCUT2D eigenvalue weighted by Gasteiger charge is -2.24.